The van der Waals surface area contributed by atoms with Crippen molar-refractivity contribution in [3.8, 4) is 0 Å². The van der Waals surface area contributed by atoms with E-state index in [1.807, 2.05) is 0 Å². The van der Waals surface area contributed by atoms with Crippen LogP contribution in [-0.4, -0.2) is 12.1 Å². The van der Waals surface area contributed by atoms with Gasteiger partial charge in [-0.1, -0.05) is 12.2 Å². The summed E-state index contributed by atoms with van der Waals surface area (Å²) in [6.45, 7) is 6.71. The summed E-state index contributed by atoms with van der Waals surface area (Å²) >= 11 is 0. The van der Waals surface area contributed by atoms with Crippen molar-refractivity contribution in [1.29, 1.82) is 0 Å². The molecule has 11 heavy (non-hydrogen) atoms. The van der Waals surface area contributed by atoms with E-state index in [1.54, 1.807) is 13.8 Å². The van der Waals surface area contributed by atoms with Crippen LogP contribution in [0.15, 0.2) is 29.4 Å². The Morgan fingerprint density at radius 3 is 2.27 bits per heavy atom. The summed E-state index contributed by atoms with van der Waals surface area (Å²) in [5.74, 6) is 0. The van der Waals surface area contributed by atoms with Crippen LogP contribution < -0.4 is 0 Å². The SMILES string of the molecule is C=CN=C(C=C(C)C)C(F)F. The Labute approximate surface area is 65.1 Å². The van der Waals surface area contributed by atoms with Gasteiger partial charge in [-0.25, -0.2) is 8.78 Å². The Balaban J connectivity index is 4.49. The third kappa shape index (κ3) is 4.42. The molecule has 0 amide bonds. The van der Waals surface area contributed by atoms with Crippen molar-refractivity contribution < 1.29 is 8.78 Å². The van der Waals surface area contributed by atoms with E-state index in [2.05, 4.69) is 11.6 Å². The summed E-state index contributed by atoms with van der Waals surface area (Å²) in [5, 5.41) is 0. The standard InChI is InChI=1S/C8H11F2N/c1-4-11-7(8(9)10)5-6(2)3/h4-5,8H,1H2,2-3H3. The normalized spacial score (nSPS) is 11.5. The Morgan fingerprint density at radius 2 is 2.00 bits per heavy atom. The second-order valence-electron chi connectivity index (χ2n) is 2.26. The zero-order chi connectivity index (χ0) is 8.85. The molecule has 0 atom stereocenters. The van der Waals surface area contributed by atoms with Crippen LogP contribution in [0.2, 0.25) is 0 Å². The molecule has 0 fully saturated rings. The highest BCUT2D eigenvalue weighted by Crippen LogP contribution is 2.02. The second kappa shape index (κ2) is 4.77. The smallest absolute Gasteiger partial charge is 0.256 e. The minimum Gasteiger partial charge on any atom is -0.256 e. The van der Waals surface area contributed by atoms with E-state index in [4.69, 9.17) is 0 Å². The Kier molecular flexibility index (Phi) is 4.34. The average molecular weight is 159 g/mol. The molecule has 0 aromatic carbocycles. The number of aliphatic imine (C=N–C) groups is 1. The fourth-order valence-electron chi connectivity index (χ4n) is 0.558. The maximum atomic E-state index is 12.0. The molecule has 62 valence electrons. The molecule has 1 nitrogen and oxygen atoms in total. The highest BCUT2D eigenvalue weighted by Gasteiger charge is 2.08. The van der Waals surface area contributed by atoms with Gasteiger partial charge in [0.15, 0.2) is 0 Å². The van der Waals surface area contributed by atoms with Gasteiger partial charge in [0.1, 0.15) is 5.71 Å². The summed E-state index contributed by atoms with van der Waals surface area (Å²) in [6, 6.07) is 0. The minimum atomic E-state index is -2.53. The first-order valence-corrected chi connectivity index (χ1v) is 3.19. The Morgan fingerprint density at radius 1 is 1.45 bits per heavy atom. The maximum absolute atomic E-state index is 12.0. The van der Waals surface area contributed by atoms with E-state index in [9.17, 15) is 8.78 Å². The molecule has 0 heterocycles. The zero-order valence-corrected chi connectivity index (χ0v) is 6.64. The van der Waals surface area contributed by atoms with Crippen LogP contribution >= 0.6 is 0 Å². The van der Waals surface area contributed by atoms with Gasteiger partial charge in [-0.2, -0.15) is 0 Å². The minimum absolute atomic E-state index is 0.236. The van der Waals surface area contributed by atoms with Crippen molar-refractivity contribution in [1.82, 2.24) is 0 Å². The molecule has 0 aromatic heterocycles. The van der Waals surface area contributed by atoms with Crippen molar-refractivity contribution in [2.75, 3.05) is 0 Å². The van der Waals surface area contributed by atoms with E-state index < -0.39 is 6.43 Å². The van der Waals surface area contributed by atoms with Crippen LogP contribution in [-0.2, 0) is 0 Å². The van der Waals surface area contributed by atoms with Crippen LogP contribution in [0.5, 0.6) is 0 Å². The average Bonchev–Trinajstić information content (AvgIpc) is 1.86. The highest BCUT2D eigenvalue weighted by atomic mass is 19.3. The molecule has 0 saturated carbocycles. The molecule has 0 saturated heterocycles. The van der Waals surface area contributed by atoms with Gasteiger partial charge in [-0.05, 0) is 19.9 Å². The summed E-state index contributed by atoms with van der Waals surface area (Å²) in [5.41, 5.74) is 0.561. The number of halogens is 2. The predicted molar refractivity (Wildman–Crippen MR) is 43.1 cm³/mol. The molecule has 0 aromatic rings. The molecule has 0 N–H and O–H groups in total. The summed E-state index contributed by atoms with van der Waals surface area (Å²) in [4.78, 5) is 3.42. The van der Waals surface area contributed by atoms with E-state index in [0.717, 1.165) is 11.8 Å². The van der Waals surface area contributed by atoms with Gasteiger partial charge in [0.25, 0.3) is 6.43 Å². The Bertz CT molecular complexity index is 188. The number of allylic oxidation sites excluding steroid dienone is 2. The summed E-state index contributed by atoms with van der Waals surface area (Å²) in [7, 11) is 0. The topological polar surface area (TPSA) is 12.4 Å². The van der Waals surface area contributed by atoms with E-state index in [0.29, 0.717) is 0 Å². The van der Waals surface area contributed by atoms with Gasteiger partial charge in [0, 0.05) is 6.20 Å². The Hall–Kier alpha value is -0.990. The molecule has 0 radical (unpaired) electrons. The van der Waals surface area contributed by atoms with Crippen molar-refractivity contribution in [2.45, 2.75) is 20.3 Å². The van der Waals surface area contributed by atoms with Crippen LogP contribution in [0.3, 0.4) is 0 Å². The fourth-order valence-corrected chi connectivity index (χ4v) is 0.558. The monoisotopic (exact) mass is 159 g/mol. The molecule has 3 heteroatoms. The lowest BCUT2D eigenvalue weighted by molar-refractivity contribution is 0.227. The first kappa shape index (κ1) is 10.0. The van der Waals surface area contributed by atoms with Gasteiger partial charge >= 0.3 is 0 Å². The zero-order valence-electron chi connectivity index (χ0n) is 6.64. The van der Waals surface area contributed by atoms with Gasteiger partial charge in [-0.15, -0.1) is 0 Å². The lowest BCUT2D eigenvalue weighted by Gasteiger charge is -1.97. The first-order chi connectivity index (χ1) is 5.07. The third-order valence-electron chi connectivity index (χ3n) is 0.900. The van der Waals surface area contributed by atoms with Crippen LogP contribution in [0.1, 0.15) is 13.8 Å². The maximum Gasteiger partial charge on any atom is 0.280 e. The van der Waals surface area contributed by atoms with E-state index in [1.165, 1.54) is 6.08 Å². The van der Waals surface area contributed by atoms with Crippen molar-refractivity contribution in [3.63, 3.8) is 0 Å². The molecule has 0 rings (SSSR count). The summed E-state index contributed by atoms with van der Waals surface area (Å²) in [6.07, 6.45) is -0.0734. The quantitative estimate of drug-likeness (QED) is 0.561. The largest absolute Gasteiger partial charge is 0.280 e. The first-order valence-electron chi connectivity index (χ1n) is 3.19. The van der Waals surface area contributed by atoms with Gasteiger partial charge in [0.2, 0.25) is 0 Å². The molecular formula is C8H11F2N. The van der Waals surface area contributed by atoms with Gasteiger partial charge in [0.05, 0.1) is 0 Å². The van der Waals surface area contributed by atoms with Crippen molar-refractivity contribution in [3.05, 3.63) is 24.4 Å². The van der Waals surface area contributed by atoms with E-state index >= 15 is 0 Å². The van der Waals surface area contributed by atoms with Crippen LogP contribution in [0, 0.1) is 0 Å². The van der Waals surface area contributed by atoms with Gasteiger partial charge in [-0.3, -0.25) is 4.99 Å². The lowest BCUT2D eigenvalue weighted by atomic mass is 10.2. The number of hydrogen-bond donors (Lipinski definition) is 0. The number of nitrogens with zero attached hydrogens (tertiary/aromatic N) is 1. The van der Waals surface area contributed by atoms with Crippen molar-refractivity contribution >= 4 is 5.71 Å². The predicted octanol–water partition coefficient (Wildman–Crippen LogP) is 2.80. The summed E-state index contributed by atoms with van der Waals surface area (Å²) < 4.78 is 24.0. The molecular weight excluding hydrogens is 148 g/mol. The van der Waals surface area contributed by atoms with Crippen LogP contribution in [0.4, 0.5) is 8.78 Å². The van der Waals surface area contributed by atoms with Gasteiger partial charge < -0.3 is 0 Å². The second-order valence-corrected chi connectivity index (χ2v) is 2.26. The number of rotatable bonds is 3. The third-order valence-corrected chi connectivity index (χ3v) is 0.900. The molecule has 0 unspecified atom stereocenters. The van der Waals surface area contributed by atoms with Crippen molar-refractivity contribution in [2.24, 2.45) is 4.99 Å². The molecule has 0 aliphatic rings. The van der Waals surface area contributed by atoms with Crippen LogP contribution in [0.25, 0.3) is 0 Å². The lowest BCUT2D eigenvalue weighted by Crippen LogP contribution is -2.06. The number of alkyl halides is 2. The molecule has 0 aliphatic carbocycles. The molecule has 0 spiro atoms. The highest BCUT2D eigenvalue weighted by molar-refractivity contribution is 5.98. The van der Waals surface area contributed by atoms with E-state index in [-0.39, 0.29) is 5.71 Å². The fraction of sp³-hybridized carbons (Fsp3) is 0.375. The molecule has 0 aliphatic heterocycles. The number of hydrogen-bond acceptors (Lipinski definition) is 1. The molecule has 0 bridgehead atoms.